The van der Waals surface area contributed by atoms with Crippen molar-refractivity contribution in [2.45, 2.75) is 58.7 Å². The predicted molar refractivity (Wildman–Crippen MR) is 149 cm³/mol. The first-order valence-corrected chi connectivity index (χ1v) is 13.1. The zero-order valence-corrected chi connectivity index (χ0v) is 22.6. The van der Waals surface area contributed by atoms with E-state index in [4.69, 9.17) is 0 Å². The standard InChI is InChI=1S/C29H38N6O2/c1-7-25(36)33-15-17-34(18-16-33)29(6,8-2)24-12-9-22(10-13-24)21(5)31-28-30-19-23-11-14-26(37)35(20(3)4)27(23)32-28/h7,9-14,19-21H,1,8,15-18H2,2-6H3,(H,30,31,32)/t21-,29-/m0/s1. The summed E-state index contributed by atoms with van der Waals surface area (Å²) in [6.07, 6.45) is 4.13. The number of nitrogens with one attached hydrogen (secondary N) is 1. The molecule has 1 aromatic carbocycles. The van der Waals surface area contributed by atoms with E-state index in [0.29, 0.717) is 11.6 Å². The minimum absolute atomic E-state index is 0.00208. The molecule has 1 fully saturated rings. The van der Waals surface area contributed by atoms with Gasteiger partial charge >= 0.3 is 0 Å². The minimum atomic E-state index is -0.111. The van der Waals surface area contributed by atoms with Crippen molar-refractivity contribution in [3.63, 3.8) is 0 Å². The number of amides is 1. The van der Waals surface area contributed by atoms with Crippen LogP contribution in [-0.4, -0.2) is 56.4 Å². The quantitative estimate of drug-likeness (QED) is 0.457. The van der Waals surface area contributed by atoms with Crippen LogP contribution in [0, 0.1) is 0 Å². The molecule has 8 nitrogen and oxygen atoms in total. The van der Waals surface area contributed by atoms with E-state index in [0.717, 1.165) is 43.5 Å². The summed E-state index contributed by atoms with van der Waals surface area (Å²) in [6.45, 7) is 17.3. The number of hydrogen-bond acceptors (Lipinski definition) is 6. The third-order valence-electron chi connectivity index (χ3n) is 7.71. The number of pyridine rings is 1. The van der Waals surface area contributed by atoms with Gasteiger partial charge < -0.3 is 10.2 Å². The summed E-state index contributed by atoms with van der Waals surface area (Å²) >= 11 is 0. The molecule has 1 saturated heterocycles. The summed E-state index contributed by atoms with van der Waals surface area (Å²) in [6, 6.07) is 12.0. The number of aromatic nitrogens is 3. The lowest BCUT2D eigenvalue weighted by molar-refractivity contribution is -0.128. The predicted octanol–water partition coefficient (Wildman–Crippen LogP) is 4.50. The summed E-state index contributed by atoms with van der Waals surface area (Å²) in [5.74, 6) is 0.501. The van der Waals surface area contributed by atoms with Crippen LogP contribution in [0.2, 0.25) is 0 Å². The van der Waals surface area contributed by atoms with Crippen LogP contribution in [0.25, 0.3) is 11.0 Å². The van der Waals surface area contributed by atoms with Crippen LogP contribution < -0.4 is 10.9 Å². The molecule has 0 spiro atoms. The van der Waals surface area contributed by atoms with E-state index in [-0.39, 0.29) is 29.1 Å². The number of hydrogen-bond donors (Lipinski definition) is 1. The Morgan fingerprint density at radius 3 is 2.38 bits per heavy atom. The van der Waals surface area contributed by atoms with Crippen molar-refractivity contribution >= 4 is 22.9 Å². The van der Waals surface area contributed by atoms with Gasteiger partial charge in [-0.3, -0.25) is 19.1 Å². The number of carbonyl (C=O) groups is 1. The Hall–Kier alpha value is -3.52. The Kier molecular flexibility index (Phi) is 7.78. The molecule has 0 aliphatic carbocycles. The van der Waals surface area contributed by atoms with Crippen molar-refractivity contribution in [1.29, 1.82) is 0 Å². The maximum absolute atomic E-state index is 12.4. The number of carbonyl (C=O) groups excluding carboxylic acids is 1. The maximum Gasteiger partial charge on any atom is 0.252 e. The zero-order valence-electron chi connectivity index (χ0n) is 22.6. The molecular weight excluding hydrogens is 464 g/mol. The van der Waals surface area contributed by atoms with Gasteiger partial charge in [-0.15, -0.1) is 0 Å². The molecule has 37 heavy (non-hydrogen) atoms. The van der Waals surface area contributed by atoms with Crippen molar-refractivity contribution in [3.05, 3.63) is 76.7 Å². The summed E-state index contributed by atoms with van der Waals surface area (Å²) < 4.78 is 1.69. The van der Waals surface area contributed by atoms with Gasteiger partial charge in [0.05, 0.1) is 6.04 Å². The first kappa shape index (κ1) is 26.5. The van der Waals surface area contributed by atoms with Crippen molar-refractivity contribution in [2.75, 3.05) is 31.5 Å². The van der Waals surface area contributed by atoms with Gasteiger partial charge in [0.25, 0.3) is 5.56 Å². The molecule has 0 saturated carbocycles. The second-order valence-electron chi connectivity index (χ2n) is 10.2. The Morgan fingerprint density at radius 1 is 1.11 bits per heavy atom. The Morgan fingerprint density at radius 2 is 1.78 bits per heavy atom. The SMILES string of the molecule is C=CC(=O)N1CCN([C@@](C)(CC)c2ccc([C@H](C)Nc3ncc4ccc(=O)n(C(C)C)c4n3)cc2)CC1. The van der Waals surface area contributed by atoms with Gasteiger partial charge in [0.1, 0.15) is 5.65 Å². The third kappa shape index (κ3) is 5.30. The van der Waals surface area contributed by atoms with Crippen LogP contribution in [0.5, 0.6) is 0 Å². The molecule has 1 amide bonds. The van der Waals surface area contributed by atoms with E-state index >= 15 is 0 Å². The van der Waals surface area contributed by atoms with Gasteiger partial charge in [-0.25, -0.2) is 4.98 Å². The zero-order chi connectivity index (χ0) is 26.7. The number of fused-ring (bicyclic) bond motifs is 1. The summed E-state index contributed by atoms with van der Waals surface area (Å²) in [4.78, 5) is 37.9. The largest absolute Gasteiger partial charge is 0.348 e. The molecular formula is C29H38N6O2. The minimum Gasteiger partial charge on any atom is -0.348 e. The Bertz CT molecular complexity index is 1320. The highest BCUT2D eigenvalue weighted by atomic mass is 16.2. The second-order valence-corrected chi connectivity index (χ2v) is 10.2. The number of benzene rings is 1. The molecule has 2 atom stereocenters. The van der Waals surface area contributed by atoms with Gasteiger partial charge in [-0.05, 0) is 57.4 Å². The first-order valence-electron chi connectivity index (χ1n) is 13.1. The summed E-state index contributed by atoms with van der Waals surface area (Å²) in [5.41, 5.74) is 2.85. The van der Waals surface area contributed by atoms with Gasteiger partial charge in [-0.1, -0.05) is 37.8 Å². The number of nitrogens with zero attached hydrogens (tertiary/aromatic N) is 5. The molecule has 8 heteroatoms. The Labute approximate surface area is 219 Å². The highest BCUT2D eigenvalue weighted by Gasteiger charge is 2.34. The average molecular weight is 503 g/mol. The fraction of sp³-hybridized carbons (Fsp3) is 0.448. The first-order chi connectivity index (χ1) is 17.7. The molecule has 0 unspecified atom stereocenters. The highest BCUT2D eigenvalue weighted by Crippen LogP contribution is 2.33. The van der Waals surface area contributed by atoms with Crippen LogP contribution in [0.1, 0.15) is 64.3 Å². The topological polar surface area (TPSA) is 83.4 Å². The molecule has 196 valence electrons. The maximum atomic E-state index is 12.4. The lowest BCUT2D eigenvalue weighted by Gasteiger charge is -2.46. The molecule has 1 N–H and O–H groups in total. The fourth-order valence-corrected chi connectivity index (χ4v) is 5.17. The molecule has 1 aliphatic heterocycles. The number of anilines is 1. The van der Waals surface area contributed by atoms with Crippen molar-refractivity contribution < 1.29 is 4.79 Å². The third-order valence-corrected chi connectivity index (χ3v) is 7.71. The average Bonchev–Trinajstić information content (AvgIpc) is 2.91. The fourth-order valence-electron chi connectivity index (χ4n) is 5.17. The van der Waals surface area contributed by atoms with Crippen LogP contribution in [-0.2, 0) is 10.3 Å². The molecule has 3 heterocycles. The second kappa shape index (κ2) is 10.8. The lowest BCUT2D eigenvalue weighted by atomic mass is 9.86. The number of rotatable bonds is 8. The van der Waals surface area contributed by atoms with Crippen molar-refractivity contribution in [1.82, 2.24) is 24.3 Å². The van der Waals surface area contributed by atoms with Gasteiger partial charge in [0.2, 0.25) is 11.9 Å². The summed E-state index contributed by atoms with van der Waals surface area (Å²) in [5, 5.41) is 4.24. The smallest absolute Gasteiger partial charge is 0.252 e. The van der Waals surface area contributed by atoms with E-state index in [1.54, 1.807) is 22.9 Å². The van der Waals surface area contributed by atoms with Crippen LogP contribution in [0.4, 0.5) is 5.95 Å². The van der Waals surface area contributed by atoms with Gasteiger partial charge in [-0.2, -0.15) is 4.98 Å². The van der Waals surface area contributed by atoms with Crippen molar-refractivity contribution in [2.24, 2.45) is 0 Å². The molecule has 1 aliphatic rings. The molecule has 4 rings (SSSR count). The van der Waals surface area contributed by atoms with Gasteiger partial charge in [0, 0.05) is 55.4 Å². The molecule has 0 radical (unpaired) electrons. The number of piperazine rings is 1. The van der Waals surface area contributed by atoms with E-state index in [1.165, 1.54) is 11.6 Å². The molecule has 3 aromatic rings. The van der Waals surface area contributed by atoms with Crippen LogP contribution in [0.15, 0.2) is 60.0 Å². The van der Waals surface area contributed by atoms with E-state index in [9.17, 15) is 9.59 Å². The highest BCUT2D eigenvalue weighted by molar-refractivity contribution is 5.87. The summed E-state index contributed by atoms with van der Waals surface area (Å²) in [7, 11) is 0. The monoisotopic (exact) mass is 502 g/mol. The van der Waals surface area contributed by atoms with Crippen molar-refractivity contribution in [3.8, 4) is 0 Å². The normalized spacial score (nSPS) is 17.0. The molecule has 2 aromatic heterocycles. The van der Waals surface area contributed by atoms with E-state index in [2.05, 4.69) is 71.8 Å². The van der Waals surface area contributed by atoms with Crippen LogP contribution >= 0.6 is 0 Å². The van der Waals surface area contributed by atoms with E-state index in [1.807, 2.05) is 18.7 Å². The van der Waals surface area contributed by atoms with E-state index < -0.39 is 0 Å². The lowest BCUT2D eigenvalue weighted by Crippen LogP contribution is -2.55. The molecule has 0 bridgehead atoms. The van der Waals surface area contributed by atoms with Gasteiger partial charge in [0.15, 0.2) is 0 Å². The van der Waals surface area contributed by atoms with Crippen LogP contribution in [0.3, 0.4) is 0 Å². The Balaban J connectivity index is 1.50.